The van der Waals surface area contributed by atoms with E-state index in [0.29, 0.717) is 12.5 Å². The highest BCUT2D eigenvalue weighted by Crippen LogP contribution is 2.29. The van der Waals surface area contributed by atoms with E-state index in [9.17, 15) is 9.59 Å². The largest absolute Gasteiger partial charge is 0.481 e. The maximum atomic E-state index is 11.5. The number of hydrogen-bond acceptors (Lipinski definition) is 3. The van der Waals surface area contributed by atoms with Crippen LogP contribution in [0.1, 0.15) is 45.4 Å². The molecule has 1 aliphatic carbocycles. The van der Waals surface area contributed by atoms with E-state index in [0.717, 1.165) is 12.3 Å². The number of carboxylic acids is 1. The van der Waals surface area contributed by atoms with E-state index in [4.69, 9.17) is 10.8 Å². The Morgan fingerprint density at radius 1 is 1.33 bits per heavy atom. The van der Waals surface area contributed by atoms with Crippen LogP contribution in [0, 0.1) is 11.8 Å². The summed E-state index contributed by atoms with van der Waals surface area (Å²) in [6.07, 6.45) is 5.68. The lowest BCUT2D eigenvalue weighted by molar-refractivity contribution is -0.139. The molecule has 0 aromatic heterocycles. The smallest absolute Gasteiger partial charge is 0.305 e. The minimum atomic E-state index is -1.04. The summed E-state index contributed by atoms with van der Waals surface area (Å²) in [5.74, 6) is 0.123. The predicted molar refractivity (Wildman–Crippen MR) is 69.0 cm³/mol. The number of carboxylic acid groups (broad SMARTS) is 1. The second-order valence-electron chi connectivity index (χ2n) is 5.41. The maximum absolute atomic E-state index is 11.5. The standard InChI is InChI=1S/C13H24N2O3/c1-9-2-4-10(5-3-9)6-7-15-13(18)11(14)8-12(16)17/h9-11H,2-8,14H2,1H3,(H,15,18)(H,16,17). The fourth-order valence-corrected chi connectivity index (χ4v) is 2.43. The van der Waals surface area contributed by atoms with Crippen molar-refractivity contribution in [1.82, 2.24) is 5.32 Å². The van der Waals surface area contributed by atoms with Gasteiger partial charge in [0.2, 0.25) is 5.91 Å². The molecule has 1 fully saturated rings. The fraction of sp³-hybridized carbons (Fsp3) is 0.846. The molecule has 104 valence electrons. The summed E-state index contributed by atoms with van der Waals surface area (Å²) in [4.78, 5) is 21.9. The highest BCUT2D eigenvalue weighted by Gasteiger charge is 2.19. The molecule has 0 bridgehead atoms. The van der Waals surface area contributed by atoms with Gasteiger partial charge in [-0.15, -0.1) is 0 Å². The third-order valence-corrected chi connectivity index (χ3v) is 3.72. The highest BCUT2D eigenvalue weighted by molar-refractivity contribution is 5.85. The average molecular weight is 256 g/mol. The zero-order valence-electron chi connectivity index (χ0n) is 11.0. The van der Waals surface area contributed by atoms with E-state index in [1.54, 1.807) is 0 Å². The molecule has 1 saturated carbocycles. The predicted octanol–water partition coefficient (Wildman–Crippen LogP) is 1.12. The van der Waals surface area contributed by atoms with E-state index < -0.39 is 12.0 Å². The lowest BCUT2D eigenvalue weighted by Gasteiger charge is -2.26. The molecule has 0 aliphatic heterocycles. The van der Waals surface area contributed by atoms with Crippen molar-refractivity contribution in [2.45, 2.75) is 51.5 Å². The lowest BCUT2D eigenvalue weighted by atomic mass is 9.81. The third kappa shape index (κ3) is 5.49. The molecule has 5 heteroatoms. The van der Waals surface area contributed by atoms with Gasteiger partial charge >= 0.3 is 5.97 Å². The zero-order chi connectivity index (χ0) is 13.5. The van der Waals surface area contributed by atoms with Crippen molar-refractivity contribution in [3.05, 3.63) is 0 Å². The van der Waals surface area contributed by atoms with Gasteiger partial charge in [-0.25, -0.2) is 0 Å². The topological polar surface area (TPSA) is 92.4 Å². The molecule has 1 aliphatic rings. The van der Waals surface area contributed by atoms with Crippen LogP contribution in [0.5, 0.6) is 0 Å². The van der Waals surface area contributed by atoms with E-state index in [1.807, 2.05) is 0 Å². The molecule has 4 N–H and O–H groups in total. The SMILES string of the molecule is CC1CCC(CCNC(=O)C(N)CC(=O)O)CC1. The Morgan fingerprint density at radius 2 is 1.94 bits per heavy atom. The van der Waals surface area contributed by atoms with Gasteiger partial charge in [0.05, 0.1) is 12.5 Å². The zero-order valence-corrected chi connectivity index (χ0v) is 11.0. The second-order valence-corrected chi connectivity index (χ2v) is 5.41. The lowest BCUT2D eigenvalue weighted by Crippen LogP contribution is -2.42. The van der Waals surface area contributed by atoms with Gasteiger partial charge in [-0.3, -0.25) is 9.59 Å². The molecule has 1 amide bonds. The fourth-order valence-electron chi connectivity index (χ4n) is 2.43. The summed E-state index contributed by atoms with van der Waals surface area (Å²) in [7, 11) is 0. The van der Waals surface area contributed by atoms with Crippen molar-refractivity contribution in [3.8, 4) is 0 Å². The van der Waals surface area contributed by atoms with E-state index in [1.165, 1.54) is 25.7 Å². The van der Waals surface area contributed by atoms with Crippen molar-refractivity contribution in [2.24, 2.45) is 17.6 Å². The number of nitrogens with two attached hydrogens (primary N) is 1. The Morgan fingerprint density at radius 3 is 2.50 bits per heavy atom. The first-order valence-electron chi connectivity index (χ1n) is 6.74. The molecule has 0 radical (unpaired) electrons. The Labute approximate surface area is 108 Å². The number of rotatable bonds is 6. The number of carbonyl (C=O) groups is 2. The van der Waals surface area contributed by atoms with Crippen molar-refractivity contribution in [3.63, 3.8) is 0 Å². The Balaban J connectivity index is 2.13. The van der Waals surface area contributed by atoms with Crippen LogP contribution in [-0.2, 0) is 9.59 Å². The van der Waals surface area contributed by atoms with Gasteiger partial charge < -0.3 is 16.2 Å². The highest BCUT2D eigenvalue weighted by atomic mass is 16.4. The number of amides is 1. The molecule has 0 aromatic carbocycles. The van der Waals surface area contributed by atoms with Crippen LogP contribution >= 0.6 is 0 Å². The van der Waals surface area contributed by atoms with Gasteiger partial charge in [0, 0.05) is 6.54 Å². The quantitative estimate of drug-likeness (QED) is 0.664. The Kier molecular flexibility index (Phi) is 6.12. The molecule has 1 unspecified atom stereocenters. The average Bonchev–Trinajstić information content (AvgIpc) is 2.30. The first-order chi connectivity index (χ1) is 8.49. The van der Waals surface area contributed by atoms with Crippen LogP contribution < -0.4 is 11.1 Å². The molecule has 1 rings (SSSR count). The summed E-state index contributed by atoms with van der Waals surface area (Å²) in [6.45, 7) is 2.88. The van der Waals surface area contributed by atoms with E-state index in [2.05, 4.69) is 12.2 Å². The number of nitrogens with one attached hydrogen (secondary N) is 1. The molecule has 0 heterocycles. The Bertz CT molecular complexity index is 286. The number of hydrogen-bond donors (Lipinski definition) is 3. The molecule has 5 nitrogen and oxygen atoms in total. The van der Waals surface area contributed by atoms with Gasteiger partial charge in [-0.2, -0.15) is 0 Å². The van der Waals surface area contributed by atoms with E-state index >= 15 is 0 Å². The Hall–Kier alpha value is -1.10. The van der Waals surface area contributed by atoms with Crippen LogP contribution in [0.25, 0.3) is 0 Å². The van der Waals surface area contributed by atoms with Crippen LogP contribution in [0.4, 0.5) is 0 Å². The van der Waals surface area contributed by atoms with Crippen molar-refractivity contribution in [1.29, 1.82) is 0 Å². The van der Waals surface area contributed by atoms with E-state index in [-0.39, 0.29) is 12.3 Å². The normalized spacial score (nSPS) is 25.4. The minimum Gasteiger partial charge on any atom is -0.481 e. The number of carbonyl (C=O) groups excluding carboxylic acids is 1. The van der Waals surface area contributed by atoms with Gasteiger partial charge in [-0.1, -0.05) is 32.6 Å². The van der Waals surface area contributed by atoms with Crippen molar-refractivity contribution < 1.29 is 14.7 Å². The van der Waals surface area contributed by atoms with Crippen LogP contribution in [-0.4, -0.2) is 29.6 Å². The second kappa shape index (κ2) is 7.36. The molecule has 0 aromatic rings. The number of aliphatic carboxylic acids is 1. The van der Waals surface area contributed by atoms with Gasteiger partial charge in [0.1, 0.15) is 0 Å². The first-order valence-corrected chi connectivity index (χ1v) is 6.74. The van der Waals surface area contributed by atoms with Gasteiger partial charge in [0.25, 0.3) is 0 Å². The maximum Gasteiger partial charge on any atom is 0.305 e. The van der Waals surface area contributed by atoms with Crippen molar-refractivity contribution in [2.75, 3.05) is 6.54 Å². The molecule has 0 spiro atoms. The molecule has 18 heavy (non-hydrogen) atoms. The molecule has 1 atom stereocenters. The molecular formula is C13H24N2O3. The van der Waals surface area contributed by atoms with Crippen LogP contribution in [0.3, 0.4) is 0 Å². The monoisotopic (exact) mass is 256 g/mol. The molecule has 0 saturated heterocycles. The van der Waals surface area contributed by atoms with Crippen LogP contribution in [0.2, 0.25) is 0 Å². The summed E-state index contributed by atoms with van der Waals surface area (Å²) < 4.78 is 0. The van der Waals surface area contributed by atoms with Gasteiger partial charge in [-0.05, 0) is 18.3 Å². The summed E-state index contributed by atoms with van der Waals surface area (Å²) >= 11 is 0. The molecular weight excluding hydrogens is 232 g/mol. The minimum absolute atomic E-state index is 0.313. The summed E-state index contributed by atoms with van der Waals surface area (Å²) in [5.41, 5.74) is 5.46. The summed E-state index contributed by atoms with van der Waals surface area (Å²) in [6, 6.07) is -0.936. The van der Waals surface area contributed by atoms with Gasteiger partial charge in [0.15, 0.2) is 0 Å². The first kappa shape index (κ1) is 15.0. The third-order valence-electron chi connectivity index (χ3n) is 3.72. The summed E-state index contributed by atoms with van der Waals surface area (Å²) in [5, 5.41) is 11.2. The van der Waals surface area contributed by atoms with Crippen molar-refractivity contribution >= 4 is 11.9 Å². The van der Waals surface area contributed by atoms with Crippen LogP contribution in [0.15, 0.2) is 0 Å².